The fourth-order valence-corrected chi connectivity index (χ4v) is 3.82. The van der Waals surface area contributed by atoms with Crippen molar-refractivity contribution in [1.82, 2.24) is 10.2 Å². The molecule has 2 aliphatic heterocycles. The lowest BCUT2D eigenvalue weighted by Crippen LogP contribution is -2.53. The number of amides is 4. The van der Waals surface area contributed by atoms with Crippen LogP contribution in [0, 0.1) is 0 Å². The highest BCUT2D eigenvalue weighted by atomic mass is 35.5. The van der Waals surface area contributed by atoms with Crippen LogP contribution in [0.25, 0.3) is 6.08 Å². The zero-order valence-electron chi connectivity index (χ0n) is 17.5. The Kier molecular flexibility index (Phi) is 6.43. The Hall–Kier alpha value is -3.36. The second-order valence-electron chi connectivity index (χ2n) is 7.33. The lowest BCUT2D eigenvalue weighted by Gasteiger charge is -2.29. The van der Waals surface area contributed by atoms with E-state index >= 15 is 0 Å². The smallest absolute Gasteiger partial charge is 0.331 e. The minimum atomic E-state index is -0.785. The zero-order chi connectivity index (χ0) is 22.7. The van der Waals surface area contributed by atoms with E-state index in [4.69, 9.17) is 21.1 Å². The van der Waals surface area contributed by atoms with Gasteiger partial charge in [-0.3, -0.25) is 19.8 Å². The number of methoxy groups -OCH3 is 1. The maximum atomic E-state index is 13.1. The number of hydrogen-bond donors (Lipinski definition) is 1. The van der Waals surface area contributed by atoms with Crippen LogP contribution in [0.2, 0.25) is 5.02 Å². The first-order chi connectivity index (χ1) is 15.5. The van der Waals surface area contributed by atoms with E-state index in [0.717, 1.165) is 23.7 Å². The highest BCUT2D eigenvalue weighted by molar-refractivity contribution is 6.32. The number of carbonyl (C=O) groups is 3. The number of rotatable bonds is 5. The predicted octanol–water partition coefficient (Wildman–Crippen LogP) is 2.85. The van der Waals surface area contributed by atoms with Crippen molar-refractivity contribution in [2.75, 3.05) is 38.3 Å². The molecule has 2 aromatic carbocycles. The zero-order valence-corrected chi connectivity index (χ0v) is 18.2. The Morgan fingerprint density at radius 3 is 2.59 bits per heavy atom. The summed E-state index contributed by atoms with van der Waals surface area (Å²) in [7, 11) is 1.52. The molecule has 32 heavy (non-hydrogen) atoms. The van der Waals surface area contributed by atoms with E-state index in [0.29, 0.717) is 35.1 Å². The van der Waals surface area contributed by atoms with Gasteiger partial charge in [-0.05, 0) is 29.8 Å². The van der Waals surface area contributed by atoms with Crippen molar-refractivity contribution in [2.24, 2.45) is 0 Å². The fraction of sp³-hybridized carbons (Fsp3) is 0.261. The summed E-state index contributed by atoms with van der Waals surface area (Å²) < 4.78 is 10.9. The van der Waals surface area contributed by atoms with Crippen molar-refractivity contribution in [1.29, 1.82) is 0 Å². The molecular formula is C23H22ClN3O5. The Balaban J connectivity index is 1.63. The molecule has 9 heteroatoms. The number of morpholine rings is 1. The van der Waals surface area contributed by atoms with Crippen LogP contribution in [0.1, 0.15) is 11.1 Å². The molecule has 0 spiro atoms. The van der Waals surface area contributed by atoms with Gasteiger partial charge in [-0.25, -0.2) is 4.79 Å². The third kappa shape index (κ3) is 4.46. The van der Waals surface area contributed by atoms with E-state index < -0.39 is 17.8 Å². The maximum absolute atomic E-state index is 13.1. The van der Waals surface area contributed by atoms with Gasteiger partial charge in [-0.1, -0.05) is 29.8 Å². The van der Waals surface area contributed by atoms with E-state index in [-0.39, 0.29) is 12.1 Å². The van der Waals surface area contributed by atoms with Crippen molar-refractivity contribution in [2.45, 2.75) is 6.54 Å². The summed E-state index contributed by atoms with van der Waals surface area (Å²) in [4.78, 5) is 41.0. The number of halogens is 1. The Labute approximate surface area is 190 Å². The molecule has 0 atom stereocenters. The van der Waals surface area contributed by atoms with Crippen LogP contribution < -0.4 is 15.0 Å². The first kappa shape index (κ1) is 21.9. The summed E-state index contributed by atoms with van der Waals surface area (Å²) in [5, 5.41) is 2.65. The average molecular weight is 456 g/mol. The van der Waals surface area contributed by atoms with Gasteiger partial charge in [0.05, 0.1) is 26.9 Å². The minimum Gasteiger partial charge on any atom is -0.496 e. The highest BCUT2D eigenvalue weighted by Gasteiger charge is 2.36. The molecule has 8 nitrogen and oxygen atoms in total. The Morgan fingerprint density at radius 1 is 1.12 bits per heavy atom. The number of barbiturate groups is 1. The molecule has 0 aliphatic carbocycles. The van der Waals surface area contributed by atoms with E-state index in [2.05, 4.69) is 10.2 Å². The van der Waals surface area contributed by atoms with Gasteiger partial charge in [0.25, 0.3) is 11.8 Å². The SMILES string of the molecule is COc1cc(N2CCOCC2)ccc1/C=C1\C(=O)NC(=O)N(Cc2ccccc2Cl)C1=O. The second-order valence-corrected chi connectivity index (χ2v) is 7.73. The van der Waals surface area contributed by atoms with Crippen LogP contribution in [-0.2, 0) is 20.9 Å². The molecular weight excluding hydrogens is 434 g/mol. The lowest BCUT2D eigenvalue weighted by molar-refractivity contribution is -0.130. The topological polar surface area (TPSA) is 88.2 Å². The number of carbonyl (C=O) groups excluding carboxylic acids is 3. The van der Waals surface area contributed by atoms with E-state index in [1.165, 1.54) is 13.2 Å². The van der Waals surface area contributed by atoms with Gasteiger partial charge >= 0.3 is 6.03 Å². The quantitative estimate of drug-likeness (QED) is 0.551. The van der Waals surface area contributed by atoms with Gasteiger partial charge in [0.15, 0.2) is 0 Å². The van der Waals surface area contributed by atoms with Gasteiger partial charge in [0.1, 0.15) is 11.3 Å². The molecule has 2 heterocycles. The number of anilines is 1. The van der Waals surface area contributed by atoms with Gasteiger partial charge in [0.2, 0.25) is 0 Å². The van der Waals surface area contributed by atoms with Crippen LogP contribution in [0.3, 0.4) is 0 Å². The summed E-state index contributed by atoms with van der Waals surface area (Å²) in [6.45, 7) is 2.78. The van der Waals surface area contributed by atoms with Crippen LogP contribution in [0.15, 0.2) is 48.0 Å². The minimum absolute atomic E-state index is 0.0535. The summed E-state index contributed by atoms with van der Waals surface area (Å²) in [5.41, 5.74) is 1.95. The molecule has 166 valence electrons. The van der Waals surface area contributed by atoms with Gasteiger partial charge in [-0.15, -0.1) is 0 Å². The molecule has 4 rings (SSSR count). The van der Waals surface area contributed by atoms with E-state index in [1.807, 2.05) is 12.1 Å². The first-order valence-corrected chi connectivity index (χ1v) is 10.5. The van der Waals surface area contributed by atoms with Crippen molar-refractivity contribution < 1.29 is 23.9 Å². The third-order valence-corrected chi connectivity index (χ3v) is 5.73. The normalized spacial score (nSPS) is 18.2. The monoisotopic (exact) mass is 455 g/mol. The van der Waals surface area contributed by atoms with Crippen LogP contribution >= 0.6 is 11.6 Å². The lowest BCUT2D eigenvalue weighted by atomic mass is 10.0. The van der Waals surface area contributed by atoms with Gasteiger partial charge in [-0.2, -0.15) is 0 Å². The molecule has 2 aromatic rings. The summed E-state index contributed by atoms with van der Waals surface area (Å²) in [6.07, 6.45) is 1.44. The largest absolute Gasteiger partial charge is 0.496 e. The number of hydrogen-bond acceptors (Lipinski definition) is 6. The molecule has 0 saturated carbocycles. The number of nitrogens with one attached hydrogen (secondary N) is 1. The number of ether oxygens (including phenoxy) is 2. The van der Waals surface area contributed by atoms with Crippen molar-refractivity contribution in [3.63, 3.8) is 0 Å². The molecule has 2 aliphatic rings. The van der Waals surface area contributed by atoms with Crippen LogP contribution in [0.4, 0.5) is 10.5 Å². The maximum Gasteiger partial charge on any atom is 0.331 e. The molecule has 0 aromatic heterocycles. The Bertz CT molecular complexity index is 1090. The highest BCUT2D eigenvalue weighted by Crippen LogP contribution is 2.29. The van der Waals surface area contributed by atoms with Gasteiger partial charge in [0, 0.05) is 35.4 Å². The van der Waals surface area contributed by atoms with Crippen molar-refractivity contribution in [3.05, 3.63) is 64.2 Å². The molecule has 0 bridgehead atoms. The van der Waals surface area contributed by atoms with Crippen LogP contribution in [-0.4, -0.2) is 56.2 Å². The number of urea groups is 1. The molecule has 0 unspecified atom stereocenters. The Morgan fingerprint density at radius 2 is 1.88 bits per heavy atom. The number of imide groups is 2. The molecule has 4 amide bonds. The van der Waals surface area contributed by atoms with Crippen LogP contribution in [0.5, 0.6) is 5.75 Å². The molecule has 0 radical (unpaired) electrons. The standard InChI is InChI=1S/C23H22ClN3O5/c1-31-20-13-17(26-8-10-32-11-9-26)7-6-15(20)12-18-21(28)25-23(30)27(22(18)29)14-16-4-2-3-5-19(16)24/h2-7,12-13H,8-11,14H2,1H3,(H,25,28,30)/b18-12+. The fourth-order valence-electron chi connectivity index (χ4n) is 3.63. The van der Waals surface area contributed by atoms with Crippen molar-refractivity contribution in [3.8, 4) is 5.75 Å². The first-order valence-electron chi connectivity index (χ1n) is 10.1. The summed E-state index contributed by atoms with van der Waals surface area (Å²) in [5.74, 6) is -0.940. The summed E-state index contributed by atoms with van der Waals surface area (Å²) in [6, 6.07) is 11.7. The third-order valence-electron chi connectivity index (χ3n) is 5.37. The van der Waals surface area contributed by atoms with Gasteiger partial charge < -0.3 is 14.4 Å². The van der Waals surface area contributed by atoms with E-state index in [9.17, 15) is 14.4 Å². The predicted molar refractivity (Wildman–Crippen MR) is 120 cm³/mol. The number of nitrogens with zero attached hydrogens (tertiary/aromatic N) is 2. The van der Waals surface area contributed by atoms with E-state index in [1.54, 1.807) is 30.3 Å². The average Bonchev–Trinajstić information content (AvgIpc) is 2.81. The molecule has 2 fully saturated rings. The summed E-state index contributed by atoms with van der Waals surface area (Å²) >= 11 is 6.17. The molecule has 1 N–H and O–H groups in total. The van der Waals surface area contributed by atoms with Crippen molar-refractivity contribution >= 4 is 41.2 Å². The second kappa shape index (κ2) is 9.42. The number of benzene rings is 2. The molecule has 2 saturated heterocycles.